The van der Waals surface area contributed by atoms with E-state index in [0.717, 1.165) is 64.0 Å². The molecule has 0 radical (unpaired) electrons. The minimum atomic E-state index is 0.517. The molecule has 0 bridgehead atoms. The van der Waals surface area contributed by atoms with E-state index in [0.29, 0.717) is 6.04 Å². The van der Waals surface area contributed by atoms with Gasteiger partial charge in [-0.15, -0.1) is 0 Å². The third-order valence-corrected chi connectivity index (χ3v) is 6.14. The Morgan fingerprint density at radius 3 is 2.61 bits per heavy atom. The van der Waals surface area contributed by atoms with Gasteiger partial charge in [0.25, 0.3) is 0 Å². The lowest BCUT2D eigenvalue weighted by molar-refractivity contribution is 0.311. The average Bonchev–Trinajstić information content (AvgIpc) is 3.68. The van der Waals surface area contributed by atoms with Gasteiger partial charge < -0.3 is 15.0 Å². The molecular formula is C27H25N5O. The minimum absolute atomic E-state index is 0.517. The summed E-state index contributed by atoms with van der Waals surface area (Å²) in [6.45, 7) is 1.61. The predicted molar refractivity (Wildman–Crippen MR) is 132 cm³/mol. The molecule has 164 valence electrons. The number of likely N-dealkylation sites (N-methyl/N-ethyl adjacent to an activating group) is 1. The molecule has 6 nitrogen and oxygen atoms in total. The number of rotatable bonds is 5. The van der Waals surface area contributed by atoms with Crippen molar-refractivity contribution in [3.05, 3.63) is 73.2 Å². The molecule has 1 N–H and O–H groups in total. The van der Waals surface area contributed by atoms with Gasteiger partial charge in [0.05, 0.1) is 23.6 Å². The summed E-state index contributed by atoms with van der Waals surface area (Å²) >= 11 is 0. The molecule has 1 fully saturated rings. The fraction of sp³-hybridized carbons (Fsp3) is 0.222. The van der Waals surface area contributed by atoms with Crippen LogP contribution < -0.4 is 15.0 Å². The first kappa shape index (κ1) is 19.7. The second-order valence-electron chi connectivity index (χ2n) is 8.67. The summed E-state index contributed by atoms with van der Waals surface area (Å²) in [5.41, 5.74) is 7.14. The molecule has 0 atom stereocenters. The Morgan fingerprint density at radius 1 is 0.909 bits per heavy atom. The van der Waals surface area contributed by atoms with Crippen LogP contribution in [0.25, 0.3) is 33.6 Å². The SMILES string of the molecule is CN1CCOc2ccc(-c3cncc(-c4cc(NC5CC5)nc(-c5ccccn5)c4)c3)cc21. The van der Waals surface area contributed by atoms with Crippen molar-refractivity contribution in [3.63, 3.8) is 0 Å². The van der Waals surface area contributed by atoms with Crippen molar-refractivity contribution in [2.75, 3.05) is 30.4 Å². The van der Waals surface area contributed by atoms with Crippen molar-refractivity contribution in [3.8, 4) is 39.4 Å². The van der Waals surface area contributed by atoms with E-state index < -0.39 is 0 Å². The molecular weight excluding hydrogens is 410 g/mol. The van der Waals surface area contributed by atoms with Gasteiger partial charge in [-0.1, -0.05) is 12.1 Å². The normalized spacial score (nSPS) is 15.0. The lowest BCUT2D eigenvalue weighted by Gasteiger charge is -2.28. The third kappa shape index (κ3) is 4.12. The number of pyridine rings is 3. The number of nitrogens with one attached hydrogen (secondary N) is 1. The van der Waals surface area contributed by atoms with E-state index in [1.807, 2.05) is 30.6 Å². The Morgan fingerprint density at radius 2 is 1.79 bits per heavy atom. The summed E-state index contributed by atoms with van der Waals surface area (Å²) < 4.78 is 5.81. The van der Waals surface area contributed by atoms with Gasteiger partial charge in [0, 0.05) is 42.8 Å². The van der Waals surface area contributed by atoms with Crippen molar-refractivity contribution in [2.24, 2.45) is 0 Å². The van der Waals surface area contributed by atoms with E-state index in [-0.39, 0.29) is 0 Å². The Bertz CT molecular complexity index is 1300. The fourth-order valence-corrected chi connectivity index (χ4v) is 4.14. The molecule has 4 heterocycles. The molecule has 0 amide bonds. The number of hydrogen-bond acceptors (Lipinski definition) is 6. The highest BCUT2D eigenvalue weighted by molar-refractivity contribution is 5.78. The van der Waals surface area contributed by atoms with Crippen molar-refractivity contribution >= 4 is 11.5 Å². The van der Waals surface area contributed by atoms with E-state index in [1.165, 1.54) is 12.8 Å². The smallest absolute Gasteiger partial charge is 0.142 e. The maximum absolute atomic E-state index is 5.81. The van der Waals surface area contributed by atoms with Gasteiger partial charge in [0.2, 0.25) is 0 Å². The molecule has 1 saturated carbocycles. The highest BCUT2D eigenvalue weighted by Crippen LogP contribution is 2.36. The molecule has 1 aliphatic carbocycles. The second kappa shape index (κ2) is 8.20. The van der Waals surface area contributed by atoms with Crippen LogP contribution in [-0.4, -0.2) is 41.2 Å². The number of nitrogens with zero attached hydrogens (tertiary/aromatic N) is 4. The van der Waals surface area contributed by atoms with E-state index in [9.17, 15) is 0 Å². The molecule has 0 unspecified atom stereocenters. The zero-order valence-corrected chi connectivity index (χ0v) is 18.5. The third-order valence-electron chi connectivity index (χ3n) is 6.14. The van der Waals surface area contributed by atoms with E-state index >= 15 is 0 Å². The highest BCUT2D eigenvalue weighted by atomic mass is 16.5. The molecule has 1 aliphatic heterocycles. The van der Waals surface area contributed by atoms with E-state index in [2.05, 4.69) is 63.6 Å². The Kier molecular flexibility index (Phi) is 4.91. The Labute approximate surface area is 193 Å². The maximum Gasteiger partial charge on any atom is 0.142 e. The van der Waals surface area contributed by atoms with Crippen LogP contribution >= 0.6 is 0 Å². The average molecular weight is 436 g/mol. The summed E-state index contributed by atoms with van der Waals surface area (Å²) in [5.74, 6) is 1.81. The van der Waals surface area contributed by atoms with Crippen LogP contribution in [0.1, 0.15) is 12.8 Å². The second-order valence-corrected chi connectivity index (χ2v) is 8.67. The molecule has 1 aromatic carbocycles. The van der Waals surface area contributed by atoms with Gasteiger partial charge >= 0.3 is 0 Å². The maximum atomic E-state index is 5.81. The van der Waals surface area contributed by atoms with Crippen molar-refractivity contribution in [2.45, 2.75) is 18.9 Å². The summed E-state index contributed by atoms with van der Waals surface area (Å²) in [7, 11) is 2.10. The minimum Gasteiger partial charge on any atom is -0.490 e. The monoisotopic (exact) mass is 435 g/mol. The van der Waals surface area contributed by atoms with Crippen LogP contribution in [0, 0.1) is 0 Å². The largest absolute Gasteiger partial charge is 0.490 e. The molecule has 6 rings (SSSR count). The summed E-state index contributed by atoms with van der Waals surface area (Å²) in [4.78, 5) is 16.1. The van der Waals surface area contributed by atoms with Gasteiger partial charge in [0.1, 0.15) is 18.2 Å². The standard InChI is InChI=1S/C27H25N5O/c1-32-10-11-33-26-8-5-18(14-25(26)32)20-12-21(17-28-16-20)19-13-24(23-4-2-3-9-29-23)31-27(15-19)30-22-6-7-22/h2-5,8-9,12-17,22H,6-7,10-11H2,1H3,(H,30,31). The predicted octanol–water partition coefficient (Wildman–Crippen LogP) is 5.28. The van der Waals surface area contributed by atoms with Crippen LogP contribution in [0.15, 0.2) is 73.2 Å². The quantitative estimate of drug-likeness (QED) is 0.460. The zero-order valence-electron chi connectivity index (χ0n) is 18.5. The molecule has 2 aliphatic rings. The molecule has 4 aromatic rings. The highest BCUT2D eigenvalue weighted by Gasteiger charge is 2.22. The van der Waals surface area contributed by atoms with Gasteiger partial charge in [-0.3, -0.25) is 9.97 Å². The van der Waals surface area contributed by atoms with Gasteiger partial charge in [0.15, 0.2) is 0 Å². The van der Waals surface area contributed by atoms with Gasteiger partial charge in [-0.2, -0.15) is 0 Å². The van der Waals surface area contributed by atoms with Gasteiger partial charge in [-0.25, -0.2) is 4.98 Å². The number of anilines is 2. The number of benzene rings is 1. The van der Waals surface area contributed by atoms with E-state index in [4.69, 9.17) is 9.72 Å². The summed E-state index contributed by atoms with van der Waals surface area (Å²) in [5, 5.41) is 3.54. The van der Waals surface area contributed by atoms with E-state index in [1.54, 1.807) is 6.20 Å². The summed E-state index contributed by atoms with van der Waals surface area (Å²) in [6, 6.07) is 19.2. The van der Waals surface area contributed by atoms with Crippen LogP contribution in [0.2, 0.25) is 0 Å². The first-order valence-corrected chi connectivity index (χ1v) is 11.4. The number of ether oxygens (including phenoxy) is 1. The topological polar surface area (TPSA) is 63.2 Å². The van der Waals surface area contributed by atoms with Crippen LogP contribution in [0.3, 0.4) is 0 Å². The Balaban J connectivity index is 1.40. The van der Waals surface area contributed by atoms with Crippen molar-refractivity contribution in [1.82, 2.24) is 15.0 Å². The fourth-order valence-electron chi connectivity index (χ4n) is 4.14. The number of aromatic nitrogens is 3. The molecule has 3 aromatic heterocycles. The first-order chi connectivity index (χ1) is 16.2. The van der Waals surface area contributed by atoms with Gasteiger partial charge in [-0.05, 0) is 66.4 Å². The van der Waals surface area contributed by atoms with Crippen LogP contribution in [-0.2, 0) is 0 Å². The van der Waals surface area contributed by atoms with Crippen LogP contribution in [0.4, 0.5) is 11.5 Å². The number of fused-ring (bicyclic) bond motifs is 1. The summed E-state index contributed by atoms with van der Waals surface area (Å²) in [6.07, 6.45) is 8.02. The van der Waals surface area contributed by atoms with Crippen molar-refractivity contribution in [1.29, 1.82) is 0 Å². The lowest BCUT2D eigenvalue weighted by atomic mass is 10.0. The molecule has 0 saturated heterocycles. The molecule has 6 heteroatoms. The van der Waals surface area contributed by atoms with Crippen molar-refractivity contribution < 1.29 is 4.74 Å². The lowest BCUT2D eigenvalue weighted by Crippen LogP contribution is -2.28. The number of hydrogen-bond donors (Lipinski definition) is 1. The molecule has 0 spiro atoms. The molecule has 33 heavy (non-hydrogen) atoms. The first-order valence-electron chi connectivity index (χ1n) is 11.4. The Hall–Kier alpha value is -3.93. The van der Waals surface area contributed by atoms with Crippen LogP contribution in [0.5, 0.6) is 5.75 Å². The zero-order chi connectivity index (χ0) is 22.2.